The lowest BCUT2D eigenvalue weighted by atomic mass is 10.1. The number of rotatable bonds is 6. The van der Waals surface area contributed by atoms with Gasteiger partial charge in [-0.15, -0.1) is 0 Å². The Morgan fingerprint density at radius 2 is 2.40 bits per heavy atom. The molecule has 1 saturated heterocycles. The van der Waals surface area contributed by atoms with E-state index in [1.165, 1.54) is 12.0 Å². The molecule has 1 atom stereocenters. The second-order valence-electron chi connectivity index (χ2n) is 4.00. The number of hydrogen-bond donors (Lipinski definition) is 1. The van der Waals surface area contributed by atoms with Crippen LogP contribution in [0.25, 0.3) is 0 Å². The molecule has 0 radical (unpaired) electrons. The molecule has 3 nitrogen and oxygen atoms in total. The minimum Gasteiger partial charge on any atom is -0.392 e. The first-order chi connectivity index (χ1) is 7.33. The smallest absolute Gasteiger partial charge is 0.157 e. The molecular weight excluding hydrogens is 192 g/mol. The normalized spacial score (nSPS) is 23.1. The van der Waals surface area contributed by atoms with Gasteiger partial charge in [-0.05, 0) is 39.0 Å². The molecule has 0 aromatic heterocycles. The number of hydrogen-bond acceptors (Lipinski definition) is 3. The summed E-state index contributed by atoms with van der Waals surface area (Å²) in [5.74, 6) is 0. The van der Waals surface area contributed by atoms with Gasteiger partial charge in [0.25, 0.3) is 0 Å². The van der Waals surface area contributed by atoms with Gasteiger partial charge < -0.3 is 14.6 Å². The van der Waals surface area contributed by atoms with Gasteiger partial charge >= 0.3 is 0 Å². The lowest BCUT2D eigenvalue weighted by Gasteiger charge is -2.22. The van der Waals surface area contributed by atoms with Crippen LogP contribution in [0.2, 0.25) is 0 Å². The third-order valence-corrected chi connectivity index (χ3v) is 2.60. The maximum Gasteiger partial charge on any atom is 0.157 e. The van der Waals surface area contributed by atoms with Crippen LogP contribution in [0.4, 0.5) is 0 Å². The van der Waals surface area contributed by atoms with Gasteiger partial charge in [-0.1, -0.05) is 11.6 Å². The molecule has 1 aliphatic rings. The lowest BCUT2D eigenvalue weighted by Crippen LogP contribution is -2.22. The second kappa shape index (κ2) is 7.85. The molecule has 1 aliphatic heterocycles. The van der Waals surface area contributed by atoms with E-state index in [1.54, 1.807) is 0 Å². The Hall–Kier alpha value is -0.380. The molecule has 3 heteroatoms. The van der Waals surface area contributed by atoms with Crippen LogP contribution >= 0.6 is 0 Å². The number of aliphatic hydroxyl groups is 1. The molecule has 0 aromatic carbocycles. The Bertz CT molecular complexity index is 183. The van der Waals surface area contributed by atoms with Crippen molar-refractivity contribution in [3.63, 3.8) is 0 Å². The molecule has 0 aromatic rings. The second-order valence-corrected chi connectivity index (χ2v) is 4.00. The molecule has 15 heavy (non-hydrogen) atoms. The maximum atomic E-state index is 8.67. The van der Waals surface area contributed by atoms with Crippen molar-refractivity contribution in [1.29, 1.82) is 0 Å². The first kappa shape index (κ1) is 12.7. The Kier molecular flexibility index (Phi) is 6.64. The van der Waals surface area contributed by atoms with Gasteiger partial charge in [0.1, 0.15) is 0 Å². The third-order valence-electron chi connectivity index (χ3n) is 2.60. The summed E-state index contributed by atoms with van der Waals surface area (Å²) in [7, 11) is 0. The number of ether oxygens (including phenoxy) is 2. The minimum absolute atomic E-state index is 0.0286. The molecule has 1 N–H and O–H groups in total. The standard InChI is InChI=1S/C12H22O3/c1-11(7-8-13)5-4-10-15-12-6-2-3-9-14-12/h7,12-13H,2-6,8-10H2,1H3/b11-7+. The summed E-state index contributed by atoms with van der Waals surface area (Å²) in [6, 6.07) is 0. The number of aliphatic hydroxyl groups excluding tert-OH is 1. The van der Waals surface area contributed by atoms with Crippen molar-refractivity contribution in [3.05, 3.63) is 11.6 Å². The molecule has 1 rings (SSSR count). The van der Waals surface area contributed by atoms with E-state index in [0.717, 1.165) is 38.9 Å². The van der Waals surface area contributed by atoms with Crippen molar-refractivity contribution in [2.24, 2.45) is 0 Å². The van der Waals surface area contributed by atoms with Gasteiger partial charge in [0, 0.05) is 6.61 Å². The van der Waals surface area contributed by atoms with E-state index in [1.807, 2.05) is 13.0 Å². The van der Waals surface area contributed by atoms with Crippen molar-refractivity contribution in [1.82, 2.24) is 0 Å². The molecule has 1 fully saturated rings. The highest BCUT2D eigenvalue weighted by Gasteiger charge is 2.13. The van der Waals surface area contributed by atoms with Crippen molar-refractivity contribution in [2.45, 2.75) is 45.3 Å². The van der Waals surface area contributed by atoms with Crippen LogP contribution in [0.5, 0.6) is 0 Å². The molecule has 0 saturated carbocycles. The van der Waals surface area contributed by atoms with Crippen molar-refractivity contribution >= 4 is 0 Å². The fourth-order valence-corrected chi connectivity index (χ4v) is 1.67. The SMILES string of the molecule is C/C(=C\CO)CCCOC1CCCCO1. The van der Waals surface area contributed by atoms with E-state index in [4.69, 9.17) is 14.6 Å². The minimum atomic E-state index is 0.0286. The van der Waals surface area contributed by atoms with E-state index in [-0.39, 0.29) is 12.9 Å². The first-order valence-corrected chi connectivity index (χ1v) is 5.82. The summed E-state index contributed by atoms with van der Waals surface area (Å²) in [5, 5.41) is 8.67. The fraction of sp³-hybridized carbons (Fsp3) is 0.833. The fourth-order valence-electron chi connectivity index (χ4n) is 1.67. The third kappa shape index (κ3) is 5.92. The lowest BCUT2D eigenvalue weighted by molar-refractivity contribution is -0.162. The van der Waals surface area contributed by atoms with E-state index < -0.39 is 0 Å². The van der Waals surface area contributed by atoms with Gasteiger partial charge in [0.2, 0.25) is 0 Å². The molecule has 0 spiro atoms. The zero-order valence-corrected chi connectivity index (χ0v) is 9.58. The quantitative estimate of drug-likeness (QED) is 0.544. The van der Waals surface area contributed by atoms with E-state index in [2.05, 4.69) is 0 Å². The summed E-state index contributed by atoms with van der Waals surface area (Å²) >= 11 is 0. The van der Waals surface area contributed by atoms with E-state index >= 15 is 0 Å². The molecule has 0 aliphatic carbocycles. The van der Waals surface area contributed by atoms with Crippen LogP contribution in [0, 0.1) is 0 Å². The summed E-state index contributed by atoms with van der Waals surface area (Å²) in [5.41, 5.74) is 1.23. The first-order valence-electron chi connectivity index (χ1n) is 5.82. The molecule has 0 amide bonds. The average molecular weight is 214 g/mol. The summed E-state index contributed by atoms with van der Waals surface area (Å²) < 4.78 is 11.1. The Morgan fingerprint density at radius 1 is 1.53 bits per heavy atom. The average Bonchev–Trinajstić information content (AvgIpc) is 2.26. The van der Waals surface area contributed by atoms with Crippen molar-refractivity contribution in [3.8, 4) is 0 Å². The zero-order chi connectivity index (χ0) is 10.9. The van der Waals surface area contributed by atoms with Gasteiger partial charge in [-0.2, -0.15) is 0 Å². The van der Waals surface area contributed by atoms with Gasteiger partial charge in [0.15, 0.2) is 6.29 Å². The van der Waals surface area contributed by atoms with Crippen LogP contribution in [-0.2, 0) is 9.47 Å². The summed E-state index contributed by atoms with van der Waals surface area (Å²) in [6.07, 6.45) is 7.28. The predicted octanol–water partition coefficient (Wildman–Crippen LogP) is 2.25. The maximum absolute atomic E-state index is 8.67. The Balaban J connectivity index is 1.98. The molecule has 1 heterocycles. The molecule has 1 unspecified atom stereocenters. The van der Waals surface area contributed by atoms with Gasteiger partial charge in [0.05, 0.1) is 13.2 Å². The zero-order valence-electron chi connectivity index (χ0n) is 9.58. The Labute approximate surface area is 92.1 Å². The van der Waals surface area contributed by atoms with Crippen LogP contribution < -0.4 is 0 Å². The highest BCUT2D eigenvalue weighted by Crippen LogP contribution is 2.14. The highest BCUT2D eigenvalue weighted by molar-refractivity contribution is 4.97. The summed E-state index contributed by atoms with van der Waals surface area (Å²) in [4.78, 5) is 0. The Morgan fingerprint density at radius 3 is 3.07 bits per heavy atom. The van der Waals surface area contributed by atoms with E-state index in [9.17, 15) is 0 Å². The predicted molar refractivity (Wildman–Crippen MR) is 59.6 cm³/mol. The van der Waals surface area contributed by atoms with Crippen LogP contribution in [0.3, 0.4) is 0 Å². The summed E-state index contributed by atoms with van der Waals surface area (Å²) in [6.45, 7) is 3.77. The van der Waals surface area contributed by atoms with Crippen molar-refractivity contribution in [2.75, 3.05) is 19.8 Å². The largest absolute Gasteiger partial charge is 0.392 e. The topological polar surface area (TPSA) is 38.7 Å². The van der Waals surface area contributed by atoms with Gasteiger partial charge in [-0.25, -0.2) is 0 Å². The van der Waals surface area contributed by atoms with E-state index in [0.29, 0.717) is 0 Å². The van der Waals surface area contributed by atoms with Crippen LogP contribution in [0.1, 0.15) is 39.0 Å². The molecule has 88 valence electrons. The monoisotopic (exact) mass is 214 g/mol. The molecule has 0 bridgehead atoms. The van der Waals surface area contributed by atoms with Gasteiger partial charge in [-0.3, -0.25) is 0 Å². The number of allylic oxidation sites excluding steroid dienone is 1. The van der Waals surface area contributed by atoms with Crippen LogP contribution in [-0.4, -0.2) is 31.2 Å². The van der Waals surface area contributed by atoms with Crippen LogP contribution in [0.15, 0.2) is 11.6 Å². The van der Waals surface area contributed by atoms with Crippen molar-refractivity contribution < 1.29 is 14.6 Å². The highest BCUT2D eigenvalue weighted by atomic mass is 16.7. The molecular formula is C12H22O3.